The van der Waals surface area contributed by atoms with Crippen molar-refractivity contribution in [3.63, 3.8) is 0 Å². The van der Waals surface area contributed by atoms with Crippen LogP contribution >= 0.6 is 0 Å². The molecule has 3 rings (SSSR count). The van der Waals surface area contributed by atoms with E-state index in [0.717, 1.165) is 12.8 Å². The van der Waals surface area contributed by atoms with Crippen molar-refractivity contribution in [1.82, 2.24) is 0 Å². The maximum atomic E-state index is 11.9. The van der Waals surface area contributed by atoms with E-state index in [2.05, 4.69) is 13.0 Å². The second kappa shape index (κ2) is 3.69. The van der Waals surface area contributed by atoms with Crippen molar-refractivity contribution >= 4 is 11.8 Å². The number of ketones is 1. The van der Waals surface area contributed by atoms with Crippen LogP contribution in [0.5, 0.6) is 0 Å². The highest BCUT2D eigenvalue weighted by Crippen LogP contribution is 2.46. The molecule has 3 nitrogen and oxygen atoms in total. The fraction of sp³-hybridized carbons (Fsp3) is 0.714. The summed E-state index contributed by atoms with van der Waals surface area (Å²) in [6.45, 7) is 4.10. The molecule has 6 atom stereocenters. The Labute approximate surface area is 101 Å². The summed E-state index contributed by atoms with van der Waals surface area (Å²) in [6, 6.07) is 0. The molecule has 1 saturated carbocycles. The summed E-state index contributed by atoms with van der Waals surface area (Å²) in [6.07, 6.45) is 5.55. The highest BCUT2D eigenvalue weighted by Gasteiger charge is 2.49. The first-order valence-electron chi connectivity index (χ1n) is 6.50. The third kappa shape index (κ3) is 1.55. The fourth-order valence-electron chi connectivity index (χ4n) is 3.75. The molecular weight excluding hydrogens is 216 g/mol. The molecule has 0 amide bonds. The largest absolute Gasteiger partial charge is 0.462 e. The Hall–Kier alpha value is -1.12. The van der Waals surface area contributed by atoms with Crippen LogP contribution in [-0.2, 0) is 14.3 Å². The van der Waals surface area contributed by atoms with Crippen LogP contribution in [0.3, 0.4) is 0 Å². The van der Waals surface area contributed by atoms with Gasteiger partial charge >= 0.3 is 5.97 Å². The Bertz CT molecular complexity index is 398. The Morgan fingerprint density at radius 1 is 1.24 bits per heavy atom. The van der Waals surface area contributed by atoms with Gasteiger partial charge in [0.1, 0.15) is 6.10 Å². The molecule has 0 radical (unpaired) electrons. The third-order valence-electron chi connectivity index (χ3n) is 4.86. The van der Waals surface area contributed by atoms with Crippen LogP contribution in [0.25, 0.3) is 0 Å². The summed E-state index contributed by atoms with van der Waals surface area (Å²) in [5.41, 5.74) is 0. The van der Waals surface area contributed by atoms with Crippen LogP contribution in [0.2, 0.25) is 0 Å². The minimum absolute atomic E-state index is 0.0410. The first kappa shape index (κ1) is 11.0. The van der Waals surface area contributed by atoms with Crippen LogP contribution in [0.4, 0.5) is 0 Å². The van der Waals surface area contributed by atoms with E-state index in [1.165, 1.54) is 0 Å². The van der Waals surface area contributed by atoms with Crippen molar-refractivity contribution in [2.24, 2.45) is 29.6 Å². The highest BCUT2D eigenvalue weighted by molar-refractivity contribution is 5.94. The molecule has 0 N–H and O–H groups in total. The number of hydrogen-bond donors (Lipinski definition) is 0. The SMILES string of the molecule is CC1CC2OC(=O)C(C)C2CC2C(=O)C=CC12. The minimum Gasteiger partial charge on any atom is -0.462 e. The lowest BCUT2D eigenvalue weighted by molar-refractivity contribution is -0.144. The molecule has 0 bridgehead atoms. The van der Waals surface area contributed by atoms with Crippen molar-refractivity contribution in [3.05, 3.63) is 12.2 Å². The average molecular weight is 234 g/mol. The minimum atomic E-state index is -0.0796. The van der Waals surface area contributed by atoms with Gasteiger partial charge < -0.3 is 4.74 Å². The normalized spacial score (nSPS) is 48.6. The second-order valence-corrected chi connectivity index (χ2v) is 5.82. The molecule has 0 spiro atoms. The van der Waals surface area contributed by atoms with Gasteiger partial charge in [-0.2, -0.15) is 0 Å². The van der Waals surface area contributed by atoms with Gasteiger partial charge in [-0.25, -0.2) is 0 Å². The summed E-state index contributed by atoms with van der Waals surface area (Å²) in [4.78, 5) is 23.5. The zero-order chi connectivity index (χ0) is 12.2. The van der Waals surface area contributed by atoms with Gasteiger partial charge in [0.15, 0.2) is 5.78 Å². The maximum Gasteiger partial charge on any atom is 0.309 e. The van der Waals surface area contributed by atoms with E-state index in [9.17, 15) is 9.59 Å². The van der Waals surface area contributed by atoms with Crippen molar-refractivity contribution < 1.29 is 14.3 Å². The Kier molecular flexibility index (Phi) is 2.39. The predicted molar refractivity (Wildman–Crippen MR) is 62.1 cm³/mol. The van der Waals surface area contributed by atoms with E-state index in [4.69, 9.17) is 4.74 Å². The van der Waals surface area contributed by atoms with Crippen molar-refractivity contribution in [2.75, 3.05) is 0 Å². The molecule has 3 heteroatoms. The average Bonchev–Trinajstić information content (AvgIpc) is 2.71. The maximum absolute atomic E-state index is 11.9. The topological polar surface area (TPSA) is 43.4 Å². The zero-order valence-electron chi connectivity index (χ0n) is 10.3. The number of hydrogen-bond acceptors (Lipinski definition) is 3. The summed E-state index contributed by atoms with van der Waals surface area (Å²) in [7, 11) is 0. The smallest absolute Gasteiger partial charge is 0.309 e. The number of carbonyl (C=O) groups is 2. The molecule has 92 valence electrons. The fourth-order valence-corrected chi connectivity index (χ4v) is 3.75. The molecule has 3 aliphatic rings. The standard InChI is InChI=1S/C14H18O3/c1-7-5-13-10(8(2)14(16)17-13)6-11-9(7)3-4-12(11)15/h3-4,7-11,13H,5-6H2,1-2H3. The molecule has 1 aliphatic heterocycles. The molecule has 1 heterocycles. The van der Waals surface area contributed by atoms with Crippen LogP contribution in [0.1, 0.15) is 26.7 Å². The highest BCUT2D eigenvalue weighted by atomic mass is 16.6. The van der Waals surface area contributed by atoms with Gasteiger partial charge in [-0.1, -0.05) is 19.9 Å². The number of ether oxygens (including phenoxy) is 1. The summed E-state index contributed by atoms with van der Waals surface area (Å²) in [5, 5.41) is 0. The number of allylic oxidation sites excluding steroid dienone is 2. The molecule has 0 aromatic rings. The lowest BCUT2D eigenvalue weighted by atomic mass is 9.81. The van der Waals surface area contributed by atoms with Gasteiger partial charge in [0.2, 0.25) is 0 Å². The van der Waals surface area contributed by atoms with E-state index < -0.39 is 0 Å². The van der Waals surface area contributed by atoms with Crippen LogP contribution in [0, 0.1) is 29.6 Å². The van der Waals surface area contributed by atoms with E-state index >= 15 is 0 Å². The second-order valence-electron chi connectivity index (χ2n) is 5.82. The van der Waals surface area contributed by atoms with E-state index in [1.807, 2.05) is 6.92 Å². The predicted octanol–water partition coefficient (Wildman–Crippen LogP) is 1.97. The van der Waals surface area contributed by atoms with Gasteiger partial charge in [0.05, 0.1) is 5.92 Å². The molecule has 2 aliphatic carbocycles. The lowest BCUT2D eigenvalue weighted by Crippen LogP contribution is -2.23. The van der Waals surface area contributed by atoms with Gasteiger partial charge in [-0.05, 0) is 30.8 Å². The number of fused-ring (bicyclic) bond motifs is 2. The summed E-state index contributed by atoms with van der Waals surface area (Å²) >= 11 is 0. The Morgan fingerprint density at radius 3 is 2.76 bits per heavy atom. The molecule has 0 aromatic heterocycles. The Balaban J connectivity index is 1.90. The monoisotopic (exact) mass is 234 g/mol. The first-order valence-corrected chi connectivity index (χ1v) is 6.50. The molecule has 0 aromatic carbocycles. The molecular formula is C14H18O3. The van der Waals surface area contributed by atoms with Gasteiger partial charge in [0.25, 0.3) is 0 Å². The van der Waals surface area contributed by atoms with E-state index in [-0.39, 0.29) is 35.6 Å². The van der Waals surface area contributed by atoms with Gasteiger partial charge in [-0.3, -0.25) is 9.59 Å². The van der Waals surface area contributed by atoms with Crippen molar-refractivity contribution in [1.29, 1.82) is 0 Å². The number of carbonyl (C=O) groups excluding carboxylic acids is 2. The van der Waals surface area contributed by atoms with Gasteiger partial charge in [0, 0.05) is 11.8 Å². The quantitative estimate of drug-likeness (QED) is 0.602. The third-order valence-corrected chi connectivity index (χ3v) is 4.86. The van der Waals surface area contributed by atoms with E-state index in [0.29, 0.717) is 11.8 Å². The number of esters is 1. The molecule has 2 fully saturated rings. The number of rotatable bonds is 0. The van der Waals surface area contributed by atoms with E-state index in [1.54, 1.807) is 6.08 Å². The van der Waals surface area contributed by atoms with Crippen LogP contribution in [0.15, 0.2) is 12.2 Å². The lowest BCUT2D eigenvalue weighted by Gasteiger charge is -2.21. The van der Waals surface area contributed by atoms with Crippen LogP contribution in [-0.4, -0.2) is 17.9 Å². The van der Waals surface area contributed by atoms with Crippen molar-refractivity contribution in [3.8, 4) is 0 Å². The molecule has 1 saturated heterocycles. The molecule has 17 heavy (non-hydrogen) atoms. The van der Waals surface area contributed by atoms with Gasteiger partial charge in [-0.15, -0.1) is 0 Å². The summed E-state index contributed by atoms with van der Waals surface area (Å²) < 4.78 is 5.45. The van der Waals surface area contributed by atoms with Crippen LogP contribution < -0.4 is 0 Å². The summed E-state index contributed by atoms with van der Waals surface area (Å²) in [5.74, 6) is 1.24. The van der Waals surface area contributed by atoms with Crippen molar-refractivity contribution in [2.45, 2.75) is 32.8 Å². The molecule has 6 unspecified atom stereocenters. The zero-order valence-corrected chi connectivity index (χ0v) is 10.3. The first-order chi connectivity index (χ1) is 8.08. The Morgan fingerprint density at radius 2 is 2.00 bits per heavy atom.